The van der Waals surface area contributed by atoms with E-state index in [1.165, 1.54) is 11.3 Å². The highest BCUT2D eigenvalue weighted by atomic mass is 35.5. The Bertz CT molecular complexity index is 688. The number of H-pyrrole nitrogens is 1. The molecule has 0 aliphatic rings. The standard InChI is InChI=1S/C14H12ClN3S/c1-2-10-13(9-4-3-7-16-8-9)18-14(17-10)11-5-6-12(15)19-11/h3-8H,2H2,1H3,(H,17,18). The zero-order valence-corrected chi connectivity index (χ0v) is 11.9. The summed E-state index contributed by atoms with van der Waals surface area (Å²) >= 11 is 7.50. The van der Waals surface area contributed by atoms with Crippen LogP contribution in [-0.4, -0.2) is 15.0 Å². The molecule has 0 bridgehead atoms. The zero-order chi connectivity index (χ0) is 13.2. The fraction of sp³-hybridized carbons (Fsp3) is 0.143. The quantitative estimate of drug-likeness (QED) is 0.775. The molecule has 0 aliphatic heterocycles. The van der Waals surface area contributed by atoms with Gasteiger partial charge in [-0.15, -0.1) is 11.3 Å². The summed E-state index contributed by atoms with van der Waals surface area (Å²) in [5.74, 6) is 0.868. The van der Waals surface area contributed by atoms with Crippen LogP contribution in [0.2, 0.25) is 4.34 Å². The van der Waals surface area contributed by atoms with Crippen molar-refractivity contribution in [2.24, 2.45) is 0 Å². The average Bonchev–Trinajstić information content (AvgIpc) is 3.05. The lowest BCUT2D eigenvalue weighted by Crippen LogP contribution is -1.86. The van der Waals surface area contributed by atoms with Crippen molar-refractivity contribution in [2.45, 2.75) is 13.3 Å². The minimum atomic E-state index is 0.771. The summed E-state index contributed by atoms with van der Waals surface area (Å²) in [6, 6.07) is 7.82. The third kappa shape index (κ3) is 2.41. The van der Waals surface area contributed by atoms with Crippen LogP contribution in [0.4, 0.5) is 0 Å². The summed E-state index contributed by atoms with van der Waals surface area (Å²) in [5, 5.41) is 0. The van der Waals surface area contributed by atoms with Gasteiger partial charge in [-0.2, -0.15) is 0 Å². The first-order valence-corrected chi connectivity index (χ1v) is 7.22. The lowest BCUT2D eigenvalue weighted by atomic mass is 10.1. The van der Waals surface area contributed by atoms with Gasteiger partial charge in [0.1, 0.15) is 5.82 Å². The fourth-order valence-corrected chi connectivity index (χ4v) is 2.95. The van der Waals surface area contributed by atoms with E-state index >= 15 is 0 Å². The highest BCUT2D eigenvalue weighted by molar-refractivity contribution is 7.19. The summed E-state index contributed by atoms with van der Waals surface area (Å²) < 4.78 is 0.771. The van der Waals surface area contributed by atoms with E-state index in [1.807, 2.05) is 30.5 Å². The molecule has 3 aromatic rings. The second kappa shape index (κ2) is 5.15. The lowest BCUT2D eigenvalue weighted by Gasteiger charge is -1.98. The molecule has 3 aromatic heterocycles. The molecular weight excluding hydrogens is 278 g/mol. The van der Waals surface area contributed by atoms with Gasteiger partial charge in [0.15, 0.2) is 0 Å². The minimum absolute atomic E-state index is 0.771. The molecule has 0 spiro atoms. The van der Waals surface area contributed by atoms with Crippen LogP contribution in [0.5, 0.6) is 0 Å². The first kappa shape index (κ1) is 12.4. The Hall–Kier alpha value is -1.65. The number of pyridine rings is 1. The third-order valence-corrected chi connectivity index (χ3v) is 4.11. The van der Waals surface area contributed by atoms with Crippen molar-refractivity contribution in [1.29, 1.82) is 0 Å². The van der Waals surface area contributed by atoms with Crippen LogP contribution in [-0.2, 0) is 6.42 Å². The largest absolute Gasteiger partial charge is 0.341 e. The van der Waals surface area contributed by atoms with E-state index in [9.17, 15) is 0 Å². The van der Waals surface area contributed by atoms with Crippen LogP contribution < -0.4 is 0 Å². The van der Waals surface area contributed by atoms with Crippen molar-refractivity contribution < 1.29 is 0 Å². The summed E-state index contributed by atoms with van der Waals surface area (Å²) in [7, 11) is 0. The maximum absolute atomic E-state index is 5.97. The Morgan fingerprint density at radius 1 is 1.32 bits per heavy atom. The molecule has 3 nitrogen and oxygen atoms in total. The van der Waals surface area contributed by atoms with Gasteiger partial charge in [0.25, 0.3) is 0 Å². The number of aryl methyl sites for hydroxylation is 1. The molecule has 0 unspecified atom stereocenters. The van der Waals surface area contributed by atoms with Crippen molar-refractivity contribution >= 4 is 22.9 Å². The van der Waals surface area contributed by atoms with Crippen LogP contribution in [0, 0.1) is 0 Å². The summed E-state index contributed by atoms with van der Waals surface area (Å²) in [5.41, 5.74) is 3.12. The molecule has 0 atom stereocenters. The number of imidazole rings is 1. The number of aromatic nitrogens is 3. The number of rotatable bonds is 3. The first-order valence-electron chi connectivity index (χ1n) is 6.03. The van der Waals surface area contributed by atoms with Gasteiger partial charge in [0.05, 0.1) is 14.9 Å². The van der Waals surface area contributed by atoms with E-state index in [1.54, 1.807) is 6.20 Å². The van der Waals surface area contributed by atoms with Crippen LogP contribution in [0.1, 0.15) is 12.6 Å². The maximum Gasteiger partial charge on any atom is 0.148 e. The van der Waals surface area contributed by atoms with Crippen LogP contribution in [0.25, 0.3) is 22.0 Å². The molecule has 0 radical (unpaired) electrons. The number of halogens is 1. The van der Waals surface area contributed by atoms with E-state index in [0.717, 1.165) is 38.4 Å². The molecule has 3 rings (SSSR count). The molecule has 0 aromatic carbocycles. The zero-order valence-electron chi connectivity index (χ0n) is 10.4. The van der Waals surface area contributed by atoms with Gasteiger partial charge in [-0.25, -0.2) is 4.98 Å². The molecule has 19 heavy (non-hydrogen) atoms. The van der Waals surface area contributed by atoms with E-state index in [0.29, 0.717) is 0 Å². The van der Waals surface area contributed by atoms with Gasteiger partial charge in [0, 0.05) is 23.7 Å². The van der Waals surface area contributed by atoms with Crippen molar-refractivity contribution in [3.63, 3.8) is 0 Å². The van der Waals surface area contributed by atoms with E-state index in [-0.39, 0.29) is 0 Å². The lowest BCUT2D eigenvalue weighted by molar-refractivity contribution is 1.07. The molecule has 3 heterocycles. The van der Waals surface area contributed by atoms with Crippen LogP contribution in [0.3, 0.4) is 0 Å². The Morgan fingerprint density at radius 3 is 2.84 bits per heavy atom. The summed E-state index contributed by atoms with van der Waals surface area (Å²) in [6.45, 7) is 2.11. The number of nitrogens with zero attached hydrogens (tertiary/aromatic N) is 2. The molecule has 0 amide bonds. The van der Waals surface area contributed by atoms with Gasteiger partial charge in [-0.05, 0) is 30.7 Å². The van der Waals surface area contributed by atoms with Crippen molar-refractivity contribution in [1.82, 2.24) is 15.0 Å². The highest BCUT2D eigenvalue weighted by Gasteiger charge is 2.13. The topological polar surface area (TPSA) is 41.6 Å². The van der Waals surface area contributed by atoms with Gasteiger partial charge >= 0.3 is 0 Å². The average molecular weight is 290 g/mol. The first-order chi connectivity index (χ1) is 9.28. The molecule has 0 fully saturated rings. The summed E-state index contributed by atoms with van der Waals surface area (Å²) in [6.07, 6.45) is 4.50. The number of aromatic amines is 1. The SMILES string of the molecule is CCc1[nH]c(-c2ccc(Cl)s2)nc1-c1cccnc1. The predicted molar refractivity (Wildman–Crippen MR) is 79.5 cm³/mol. The molecule has 5 heteroatoms. The number of hydrogen-bond acceptors (Lipinski definition) is 3. The van der Waals surface area contributed by atoms with Gasteiger partial charge < -0.3 is 4.98 Å². The smallest absolute Gasteiger partial charge is 0.148 e. The molecule has 1 N–H and O–H groups in total. The van der Waals surface area contributed by atoms with Gasteiger partial charge in [-0.3, -0.25) is 4.98 Å². The van der Waals surface area contributed by atoms with Crippen LogP contribution in [0.15, 0.2) is 36.7 Å². The molecular formula is C14H12ClN3S. The summed E-state index contributed by atoms with van der Waals surface area (Å²) in [4.78, 5) is 13.3. The maximum atomic E-state index is 5.97. The van der Waals surface area contributed by atoms with Gasteiger partial charge in [0.2, 0.25) is 0 Å². The molecule has 0 aliphatic carbocycles. The second-order valence-corrected chi connectivity index (χ2v) is 5.83. The molecule has 0 saturated heterocycles. The number of thiophene rings is 1. The Morgan fingerprint density at radius 2 is 2.21 bits per heavy atom. The number of hydrogen-bond donors (Lipinski definition) is 1. The Labute approximate surface area is 120 Å². The Kier molecular flexibility index (Phi) is 3.36. The van der Waals surface area contributed by atoms with Crippen molar-refractivity contribution in [2.75, 3.05) is 0 Å². The second-order valence-electron chi connectivity index (χ2n) is 4.11. The monoisotopic (exact) mass is 289 g/mol. The number of nitrogens with one attached hydrogen (secondary N) is 1. The molecule has 0 saturated carbocycles. The van der Waals surface area contributed by atoms with Crippen molar-refractivity contribution in [3.05, 3.63) is 46.7 Å². The predicted octanol–water partition coefficient (Wildman–Crippen LogP) is 4.42. The van der Waals surface area contributed by atoms with Crippen molar-refractivity contribution in [3.8, 4) is 22.0 Å². The van der Waals surface area contributed by atoms with Crippen LogP contribution >= 0.6 is 22.9 Å². The van der Waals surface area contributed by atoms with Gasteiger partial charge in [-0.1, -0.05) is 18.5 Å². The Balaban J connectivity index is 2.09. The molecule has 96 valence electrons. The third-order valence-electron chi connectivity index (χ3n) is 2.87. The van der Waals surface area contributed by atoms with E-state index in [2.05, 4.69) is 16.9 Å². The highest BCUT2D eigenvalue weighted by Crippen LogP contribution is 2.32. The normalized spacial score (nSPS) is 10.8. The van der Waals surface area contributed by atoms with E-state index < -0.39 is 0 Å². The fourth-order valence-electron chi connectivity index (χ4n) is 1.97. The van der Waals surface area contributed by atoms with E-state index in [4.69, 9.17) is 16.6 Å². The minimum Gasteiger partial charge on any atom is -0.341 e.